The largest absolute Gasteiger partial charge is 0.361 e. The van der Waals surface area contributed by atoms with Crippen LogP contribution < -0.4 is 5.43 Å². The van der Waals surface area contributed by atoms with Gasteiger partial charge in [0.15, 0.2) is 0 Å². The Balaban J connectivity index is 2.71. The Morgan fingerprint density at radius 1 is 1.05 bits per heavy atom. The van der Waals surface area contributed by atoms with Gasteiger partial charge in [0.2, 0.25) is 5.43 Å². The van der Waals surface area contributed by atoms with E-state index in [1.165, 1.54) is 6.07 Å². The second-order valence-corrected chi connectivity index (χ2v) is 4.15. The Hall–Kier alpha value is -3.11. The lowest BCUT2D eigenvalue weighted by atomic mass is 9.99. The number of rotatable bonds is 0. The van der Waals surface area contributed by atoms with E-state index in [2.05, 4.69) is 4.98 Å². The lowest BCUT2D eigenvalue weighted by Crippen LogP contribution is -2.08. The van der Waals surface area contributed by atoms with Gasteiger partial charge >= 0.3 is 0 Å². The second-order valence-electron chi connectivity index (χ2n) is 4.15. The van der Waals surface area contributed by atoms with Crippen molar-refractivity contribution in [1.29, 1.82) is 10.5 Å². The summed E-state index contributed by atoms with van der Waals surface area (Å²) >= 11 is 0. The summed E-state index contributed by atoms with van der Waals surface area (Å²) in [5, 5.41) is 20.0. The molecule has 88 valence electrons. The number of hydrogen-bond acceptors (Lipinski definition) is 3. The topological polar surface area (TPSA) is 80.4 Å². The molecule has 4 nitrogen and oxygen atoms in total. The Morgan fingerprint density at radius 2 is 1.84 bits per heavy atom. The smallest absolute Gasteiger partial charge is 0.206 e. The fourth-order valence-electron chi connectivity index (χ4n) is 2.25. The van der Waals surface area contributed by atoms with Gasteiger partial charge in [0, 0.05) is 11.6 Å². The monoisotopic (exact) mass is 245 g/mol. The third kappa shape index (κ3) is 1.48. The van der Waals surface area contributed by atoms with Gasteiger partial charge in [-0.05, 0) is 17.5 Å². The minimum atomic E-state index is -0.343. The van der Waals surface area contributed by atoms with E-state index >= 15 is 0 Å². The van der Waals surface area contributed by atoms with Gasteiger partial charge in [-0.25, -0.2) is 0 Å². The minimum Gasteiger partial charge on any atom is -0.361 e. The molecule has 19 heavy (non-hydrogen) atoms. The van der Waals surface area contributed by atoms with Gasteiger partial charge in [-0.1, -0.05) is 18.2 Å². The standard InChI is InChI=1S/C15H7N3O/c16-7-10-6-11(8-17)15(19)13-12(10)4-3-9-2-1-5-18-14(9)13/h1-6,18H. The summed E-state index contributed by atoms with van der Waals surface area (Å²) in [5.41, 5.74) is 0.641. The molecular weight excluding hydrogens is 238 g/mol. The molecule has 0 saturated carbocycles. The van der Waals surface area contributed by atoms with Crippen molar-refractivity contribution in [2.75, 3.05) is 0 Å². The Bertz CT molecular complexity index is 955. The average Bonchev–Trinajstić information content (AvgIpc) is 2.47. The van der Waals surface area contributed by atoms with Crippen LogP contribution in [0, 0.1) is 22.7 Å². The van der Waals surface area contributed by atoms with Crippen LogP contribution in [0.3, 0.4) is 0 Å². The molecule has 0 bridgehead atoms. The van der Waals surface area contributed by atoms with Crippen molar-refractivity contribution >= 4 is 21.7 Å². The third-order valence-electron chi connectivity index (χ3n) is 3.13. The summed E-state index contributed by atoms with van der Waals surface area (Å²) in [5.74, 6) is 0. The van der Waals surface area contributed by atoms with E-state index in [0.29, 0.717) is 21.9 Å². The van der Waals surface area contributed by atoms with Crippen LogP contribution in [-0.4, -0.2) is 4.98 Å². The molecular formula is C15H7N3O. The Morgan fingerprint density at radius 3 is 2.58 bits per heavy atom. The summed E-state index contributed by atoms with van der Waals surface area (Å²) in [7, 11) is 0. The summed E-state index contributed by atoms with van der Waals surface area (Å²) in [6, 6.07) is 12.5. The molecule has 3 aromatic rings. The first-order valence-electron chi connectivity index (χ1n) is 5.63. The summed E-state index contributed by atoms with van der Waals surface area (Å²) in [6.07, 6.45) is 1.71. The van der Waals surface area contributed by atoms with Gasteiger partial charge in [-0.3, -0.25) is 4.79 Å². The van der Waals surface area contributed by atoms with Crippen molar-refractivity contribution in [2.24, 2.45) is 0 Å². The van der Waals surface area contributed by atoms with E-state index in [0.717, 1.165) is 5.39 Å². The van der Waals surface area contributed by atoms with E-state index < -0.39 is 0 Å². The van der Waals surface area contributed by atoms with Crippen molar-refractivity contribution in [3.63, 3.8) is 0 Å². The van der Waals surface area contributed by atoms with Crippen molar-refractivity contribution in [3.05, 3.63) is 57.9 Å². The molecule has 0 aliphatic carbocycles. The number of aromatic nitrogens is 1. The van der Waals surface area contributed by atoms with E-state index in [4.69, 9.17) is 10.5 Å². The van der Waals surface area contributed by atoms with Crippen LogP contribution in [0.5, 0.6) is 0 Å². The van der Waals surface area contributed by atoms with Crippen LogP contribution in [-0.2, 0) is 0 Å². The molecule has 2 aromatic carbocycles. The maximum atomic E-state index is 12.3. The number of nitrogens with one attached hydrogen (secondary N) is 1. The van der Waals surface area contributed by atoms with Crippen LogP contribution >= 0.6 is 0 Å². The highest BCUT2D eigenvalue weighted by atomic mass is 16.1. The maximum absolute atomic E-state index is 12.3. The van der Waals surface area contributed by atoms with Crippen LogP contribution in [0.4, 0.5) is 0 Å². The highest BCUT2D eigenvalue weighted by Crippen LogP contribution is 2.24. The molecule has 0 aliphatic rings. The van der Waals surface area contributed by atoms with Crippen LogP contribution in [0.2, 0.25) is 0 Å². The van der Waals surface area contributed by atoms with Gasteiger partial charge in [0.05, 0.1) is 22.5 Å². The van der Waals surface area contributed by atoms with Crippen molar-refractivity contribution < 1.29 is 0 Å². The number of nitriles is 2. The normalized spacial score (nSPS) is 10.2. The Kier molecular flexibility index (Phi) is 2.30. The van der Waals surface area contributed by atoms with E-state index in [1.54, 1.807) is 12.3 Å². The zero-order valence-corrected chi connectivity index (χ0v) is 9.77. The molecule has 0 amide bonds. The molecule has 1 N–H and O–H groups in total. The van der Waals surface area contributed by atoms with E-state index in [1.807, 2.05) is 30.3 Å². The first kappa shape index (κ1) is 11.0. The molecule has 0 spiro atoms. The van der Waals surface area contributed by atoms with Crippen molar-refractivity contribution in [3.8, 4) is 12.1 Å². The number of benzene rings is 2. The average molecular weight is 245 g/mol. The number of H-pyrrole nitrogens is 1. The number of nitrogens with zero attached hydrogens (tertiary/aromatic N) is 2. The predicted octanol–water partition coefficient (Wildman–Crippen LogP) is 2.42. The van der Waals surface area contributed by atoms with Gasteiger partial charge < -0.3 is 4.98 Å². The first-order valence-corrected chi connectivity index (χ1v) is 5.63. The fraction of sp³-hybridized carbons (Fsp3) is 0. The van der Waals surface area contributed by atoms with Gasteiger partial charge in [-0.15, -0.1) is 0 Å². The zero-order chi connectivity index (χ0) is 13.4. The zero-order valence-electron chi connectivity index (χ0n) is 9.77. The van der Waals surface area contributed by atoms with Crippen LogP contribution in [0.1, 0.15) is 11.1 Å². The van der Waals surface area contributed by atoms with E-state index in [9.17, 15) is 4.79 Å². The lowest BCUT2D eigenvalue weighted by Gasteiger charge is -2.05. The molecule has 1 aromatic heterocycles. The maximum Gasteiger partial charge on any atom is 0.206 e. The molecule has 0 saturated heterocycles. The molecule has 3 rings (SSSR count). The minimum absolute atomic E-state index is 0.00574. The molecule has 0 fully saturated rings. The van der Waals surface area contributed by atoms with Crippen LogP contribution in [0.15, 0.2) is 41.3 Å². The van der Waals surface area contributed by atoms with Gasteiger partial charge in [0.25, 0.3) is 0 Å². The number of hydrogen-bond donors (Lipinski definition) is 1. The predicted molar refractivity (Wildman–Crippen MR) is 71.5 cm³/mol. The summed E-state index contributed by atoms with van der Waals surface area (Å²) in [4.78, 5) is 15.3. The summed E-state index contributed by atoms with van der Waals surface area (Å²) < 4.78 is 0. The highest BCUT2D eigenvalue weighted by molar-refractivity contribution is 6.07. The number of pyridine rings is 1. The highest BCUT2D eigenvalue weighted by Gasteiger charge is 2.12. The second kappa shape index (κ2) is 3.97. The molecule has 0 atom stereocenters. The van der Waals surface area contributed by atoms with Gasteiger partial charge in [0.1, 0.15) is 11.6 Å². The number of aromatic amines is 1. The number of fused-ring (bicyclic) bond motifs is 3. The molecule has 0 radical (unpaired) electrons. The van der Waals surface area contributed by atoms with Crippen LogP contribution in [0.25, 0.3) is 21.7 Å². The molecule has 1 heterocycles. The Labute approximate surface area is 108 Å². The fourth-order valence-corrected chi connectivity index (χ4v) is 2.25. The summed E-state index contributed by atoms with van der Waals surface area (Å²) in [6.45, 7) is 0. The SMILES string of the molecule is N#Cc1cc(C#N)c2ccc3ccc[nH]c3c2c1=O. The van der Waals surface area contributed by atoms with Crippen molar-refractivity contribution in [2.45, 2.75) is 0 Å². The quantitative estimate of drug-likeness (QED) is 0.617. The lowest BCUT2D eigenvalue weighted by molar-refractivity contribution is 1.41. The molecule has 0 unspecified atom stereocenters. The third-order valence-corrected chi connectivity index (χ3v) is 3.13. The van der Waals surface area contributed by atoms with Crippen molar-refractivity contribution in [1.82, 2.24) is 4.98 Å². The molecule has 0 aliphatic heterocycles. The molecule has 4 heteroatoms. The first-order chi connectivity index (χ1) is 9.26. The van der Waals surface area contributed by atoms with E-state index in [-0.39, 0.29) is 11.0 Å². The van der Waals surface area contributed by atoms with Gasteiger partial charge in [-0.2, -0.15) is 10.5 Å².